The molecule has 7 nitrogen and oxygen atoms in total. The van der Waals surface area contributed by atoms with Gasteiger partial charge in [-0.3, -0.25) is 19.8 Å². The molecule has 112 valence electrons. The van der Waals surface area contributed by atoms with Gasteiger partial charge in [0.05, 0.1) is 20.6 Å². The number of imide groups is 1. The van der Waals surface area contributed by atoms with Gasteiger partial charge in [0.2, 0.25) is 11.8 Å². The van der Waals surface area contributed by atoms with Gasteiger partial charge in [-0.2, -0.15) is 5.01 Å². The molecule has 1 aromatic carbocycles. The Morgan fingerprint density at radius 2 is 1.90 bits per heavy atom. The van der Waals surface area contributed by atoms with Crippen molar-refractivity contribution in [1.29, 1.82) is 0 Å². The number of nitrogens with zero attached hydrogens (tertiary/aromatic N) is 1. The van der Waals surface area contributed by atoms with E-state index < -0.39 is 11.8 Å². The van der Waals surface area contributed by atoms with Gasteiger partial charge < -0.3 is 9.47 Å². The van der Waals surface area contributed by atoms with Crippen molar-refractivity contribution >= 4 is 17.7 Å². The number of hydrogen-bond acceptors (Lipinski definition) is 5. The molecular weight excluding hydrogens is 276 g/mol. The summed E-state index contributed by atoms with van der Waals surface area (Å²) in [6.07, 6.45) is 0.134. The highest BCUT2D eigenvalue weighted by atomic mass is 16.5. The molecule has 0 spiro atoms. The lowest BCUT2D eigenvalue weighted by Crippen LogP contribution is -2.53. The molecule has 2 rings (SSSR count). The number of hydrazine groups is 1. The van der Waals surface area contributed by atoms with Crippen molar-refractivity contribution < 1.29 is 23.9 Å². The second kappa shape index (κ2) is 6.25. The lowest BCUT2D eigenvalue weighted by molar-refractivity contribution is -0.156. The molecule has 0 aliphatic carbocycles. The molecule has 0 saturated carbocycles. The van der Waals surface area contributed by atoms with E-state index in [0.29, 0.717) is 17.1 Å². The maximum absolute atomic E-state index is 12.1. The molecule has 1 fully saturated rings. The summed E-state index contributed by atoms with van der Waals surface area (Å²) < 4.78 is 10.3. The zero-order valence-electron chi connectivity index (χ0n) is 11.8. The first-order valence-corrected chi connectivity index (χ1v) is 6.41. The van der Waals surface area contributed by atoms with E-state index in [1.54, 1.807) is 18.2 Å². The van der Waals surface area contributed by atoms with Gasteiger partial charge in [0.1, 0.15) is 0 Å². The maximum atomic E-state index is 12.1. The van der Waals surface area contributed by atoms with Crippen LogP contribution in [0.1, 0.15) is 18.4 Å². The molecule has 0 atom stereocenters. The van der Waals surface area contributed by atoms with Gasteiger partial charge in [-0.05, 0) is 17.7 Å². The van der Waals surface area contributed by atoms with E-state index in [1.165, 1.54) is 14.2 Å². The molecule has 1 N–H and O–H groups in total. The van der Waals surface area contributed by atoms with Crippen LogP contribution < -0.4 is 14.9 Å². The number of rotatable bonds is 4. The molecule has 0 unspecified atom stereocenters. The Morgan fingerprint density at radius 1 is 1.19 bits per heavy atom. The summed E-state index contributed by atoms with van der Waals surface area (Å²) in [7, 11) is 3.02. The first-order valence-electron chi connectivity index (χ1n) is 6.41. The summed E-state index contributed by atoms with van der Waals surface area (Å²) in [6.45, 7) is 0. The highest BCUT2D eigenvalue weighted by Crippen LogP contribution is 2.27. The number of amides is 3. The van der Waals surface area contributed by atoms with Crippen LogP contribution in [-0.4, -0.2) is 37.0 Å². The molecule has 21 heavy (non-hydrogen) atoms. The number of ether oxygens (including phenoxy) is 2. The molecular formula is C14H16N2O5. The molecule has 7 heteroatoms. The number of carbonyl (C=O) groups is 3. The Hall–Kier alpha value is -2.57. The first-order chi connectivity index (χ1) is 10.0. The fourth-order valence-electron chi connectivity index (χ4n) is 2.02. The third-order valence-corrected chi connectivity index (χ3v) is 3.10. The smallest absolute Gasteiger partial charge is 0.252 e. The van der Waals surface area contributed by atoms with Crippen LogP contribution in [-0.2, 0) is 20.8 Å². The van der Waals surface area contributed by atoms with Gasteiger partial charge in [-0.1, -0.05) is 6.07 Å². The van der Waals surface area contributed by atoms with Crippen molar-refractivity contribution in [1.82, 2.24) is 10.4 Å². The molecule has 0 radical (unpaired) electrons. The fourth-order valence-corrected chi connectivity index (χ4v) is 2.02. The minimum atomic E-state index is -0.486. The monoisotopic (exact) mass is 292 g/mol. The Morgan fingerprint density at radius 3 is 2.57 bits per heavy atom. The van der Waals surface area contributed by atoms with E-state index in [9.17, 15) is 14.4 Å². The topological polar surface area (TPSA) is 84.9 Å². The van der Waals surface area contributed by atoms with Crippen LogP contribution in [0.2, 0.25) is 0 Å². The maximum Gasteiger partial charge on any atom is 0.252 e. The van der Waals surface area contributed by atoms with E-state index in [0.717, 1.165) is 5.01 Å². The van der Waals surface area contributed by atoms with Gasteiger partial charge in [0.15, 0.2) is 11.5 Å². The van der Waals surface area contributed by atoms with Gasteiger partial charge in [-0.15, -0.1) is 0 Å². The Bertz CT molecular complexity index is 585. The van der Waals surface area contributed by atoms with Crippen molar-refractivity contribution in [2.75, 3.05) is 14.2 Å². The summed E-state index contributed by atoms with van der Waals surface area (Å²) in [6, 6.07) is 5.04. The number of hydrogen-bond donors (Lipinski definition) is 1. The number of methoxy groups -OCH3 is 2. The summed E-state index contributed by atoms with van der Waals surface area (Å²) in [5.41, 5.74) is 2.93. The minimum absolute atomic E-state index is 0.0215. The third kappa shape index (κ3) is 3.31. The van der Waals surface area contributed by atoms with Crippen molar-refractivity contribution in [3.63, 3.8) is 0 Å². The fraction of sp³-hybridized carbons (Fsp3) is 0.357. The van der Waals surface area contributed by atoms with Crippen molar-refractivity contribution in [2.45, 2.75) is 19.3 Å². The van der Waals surface area contributed by atoms with Gasteiger partial charge in [0.25, 0.3) is 5.91 Å². The van der Waals surface area contributed by atoms with E-state index in [2.05, 4.69) is 5.43 Å². The SMILES string of the molecule is COc1ccc(CC(=O)N2NC(=O)CCC2=O)cc1OC. The molecule has 3 amide bonds. The Balaban J connectivity index is 2.12. The average Bonchev–Trinajstić information content (AvgIpc) is 2.49. The highest BCUT2D eigenvalue weighted by molar-refractivity contribution is 6.01. The molecule has 1 aliphatic rings. The summed E-state index contributed by atoms with van der Waals surface area (Å²) in [4.78, 5) is 35.0. The van der Waals surface area contributed by atoms with Gasteiger partial charge >= 0.3 is 0 Å². The third-order valence-electron chi connectivity index (χ3n) is 3.10. The van der Waals surface area contributed by atoms with Crippen LogP contribution in [0.25, 0.3) is 0 Å². The largest absolute Gasteiger partial charge is 0.493 e. The van der Waals surface area contributed by atoms with Gasteiger partial charge in [0, 0.05) is 12.8 Å². The number of benzene rings is 1. The lowest BCUT2D eigenvalue weighted by atomic mass is 10.1. The van der Waals surface area contributed by atoms with Crippen molar-refractivity contribution in [3.05, 3.63) is 23.8 Å². The standard InChI is InChI=1S/C14H16N2O5/c1-20-10-4-3-9(7-11(10)21-2)8-14(19)16-13(18)6-5-12(17)15-16/h3-4,7H,5-6,8H2,1-2H3,(H,15,17). The molecule has 1 aliphatic heterocycles. The summed E-state index contributed by atoms with van der Waals surface area (Å²) in [5, 5.41) is 0.780. The zero-order valence-corrected chi connectivity index (χ0v) is 11.8. The molecule has 1 aromatic rings. The van der Waals surface area contributed by atoms with Crippen LogP contribution in [0.5, 0.6) is 11.5 Å². The van der Waals surface area contributed by atoms with Crippen molar-refractivity contribution in [2.24, 2.45) is 0 Å². The molecule has 1 saturated heterocycles. The van der Waals surface area contributed by atoms with Crippen LogP contribution in [0.3, 0.4) is 0 Å². The molecule has 1 heterocycles. The number of nitrogens with one attached hydrogen (secondary N) is 1. The zero-order chi connectivity index (χ0) is 15.4. The summed E-state index contributed by atoms with van der Waals surface area (Å²) >= 11 is 0. The highest BCUT2D eigenvalue weighted by Gasteiger charge is 2.28. The average molecular weight is 292 g/mol. The Kier molecular flexibility index (Phi) is 4.42. The quantitative estimate of drug-likeness (QED) is 0.869. The van der Waals surface area contributed by atoms with Crippen LogP contribution in [0.4, 0.5) is 0 Å². The predicted octanol–water partition coefficient (Wildman–Crippen LogP) is 0.426. The van der Waals surface area contributed by atoms with E-state index in [1.807, 2.05) is 0 Å². The molecule has 0 bridgehead atoms. The molecule has 0 aromatic heterocycles. The van der Waals surface area contributed by atoms with E-state index in [-0.39, 0.29) is 25.2 Å². The van der Waals surface area contributed by atoms with E-state index >= 15 is 0 Å². The van der Waals surface area contributed by atoms with E-state index in [4.69, 9.17) is 9.47 Å². The van der Waals surface area contributed by atoms with Crippen LogP contribution in [0, 0.1) is 0 Å². The minimum Gasteiger partial charge on any atom is -0.493 e. The van der Waals surface area contributed by atoms with Crippen LogP contribution >= 0.6 is 0 Å². The first kappa shape index (κ1) is 14.8. The van der Waals surface area contributed by atoms with Gasteiger partial charge in [-0.25, -0.2) is 0 Å². The normalized spacial score (nSPS) is 14.7. The number of carbonyl (C=O) groups excluding carboxylic acids is 3. The Labute approximate surface area is 121 Å². The second-order valence-corrected chi connectivity index (χ2v) is 4.52. The predicted molar refractivity (Wildman–Crippen MR) is 72.5 cm³/mol. The second-order valence-electron chi connectivity index (χ2n) is 4.52. The lowest BCUT2D eigenvalue weighted by Gasteiger charge is -2.25. The van der Waals surface area contributed by atoms with Crippen LogP contribution in [0.15, 0.2) is 18.2 Å². The van der Waals surface area contributed by atoms with Crippen molar-refractivity contribution in [3.8, 4) is 11.5 Å². The summed E-state index contributed by atoms with van der Waals surface area (Å²) in [5.74, 6) is -0.177.